The lowest BCUT2D eigenvalue weighted by Gasteiger charge is -2.13. The Bertz CT molecular complexity index is 609. The van der Waals surface area contributed by atoms with E-state index in [1.165, 1.54) is 0 Å². The van der Waals surface area contributed by atoms with Crippen molar-refractivity contribution in [2.45, 2.75) is 24.7 Å². The Labute approximate surface area is 111 Å². The number of aryl methyl sites for hydroxylation is 1. The van der Waals surface area contributed by atoms with Gasteiger partial charge in [0, 0.05) is 30.4 Å². The minimum Gasteiger partial charge on any atom is -0.481 e. The molecule has 98 valence electrons. The summed E-state index contributed by atoms with van der Waals surface area (Å²) < 4.78 is 1.97. The third-order valence-electron chi connectivity index (χ3n) is 3.92. The topological polar surface area (TPSA) is 55.1 Å². The molecule has 1 aliphatic carbocycles. The van der Waals surface area contributed by atoms with Gasteiger partial charge in [-0.3, -0.25) is 4.79 Å². The predicted molar refractivity (Wildman–Crippen MR) is 71.8 cm³/mol. The van der Waals surface area contributed by atoms with Gasteiger partial charge in [-0.05, 0) is 18.4 Å². The molecule has 0 spiro atoms. The van der Waals surface area contributed by atoms with Gasteiger partial charge in [0.15, 0.2) is 0 Å². The fraction of sp³-hybridized carbons (Fsp3) is 0.333. The summed E-state index contributed by atoms with van der Waals surface area (Å²) in [5.74, 6) is 0.209. The van der Waals surface area contributed by atoms with E-state index < -0.39 is 5.97 Å². The van der Waals surface area contributed by atoms with Crippen molar-refractivity contribution >= 4 is 5.97 Å². The van der Waals surface area contributed by atoms with E-state index in [4.69, 9.17) is 5.11 Å². The fourth-order valence-electron chi connectivity index (χ4n) is 2.62. The highest BCUT2D eigenvalue weighted by atomic mass is 16.4. The number of imidazole rings is 1. The first-order chi connectivity index (χ1) is 9.11. The molecule has 4 nitrogen and oxygen atoms in total. The second-order valence-corrected chi connectivity index (χ2v) is 5.29. The van der Waals surface area contributed by atoms with Gasteiger partial charge in [-0.1, -0.05) is 24.3 Å². The van der Waals surface area contributed by atoms with Crippen molar-refractivity contribution in [1.29, 1.82) is 0 Å². The highest BCUT2D eigenvalue weighted by Gasteiger charge is 2.45. The van der Waals surface area contributed by atoms with Crippen molar-refractivity contribution in [3.8, 4) is 11.4 Å². The van der Waals surface area contributed by atoms with Gasteiger partial charge in [-0.15, -0.1) is 0 Å². The number of benzene rings is 1. The number of hydrogen-bond donors (Lipinski definition) is 1. The average Bonchev–Trinajstić information content (AvgIpc) is 3.02. The van der Waals surface area contributed by atoms with Crippen LogP contribution in [0, 0.1) is 0 Å². The van der Waals surface area contributed by atoms with Crippen molar-refractivity contribution in [3.05, 3.63) is 42.2 Å². The lowest BCUT2D eigenvalue weighted by molar-refractivity contribution is -0.137. The van der Waals surface area contributed by atoms with E-state index in [1.807, 2.05) is 42.1 Å². The van der Waals surface area contributed by atoms with E-state index >= 15 is 0 Å². The molecule has 0 bridgehead atoms. The molecule has 2 aromatic rings. The quantitative estimate of drug-likeness (QED) is 0.914. The number of rotatable bonds is 4. The molecule has 1 N–H and O–H groups in total. The number of nitrogens with zero attached hydrogens (tertiary/aromatic N) is 2. The third kappa shape index (κ3) is 2.14. The molecule has 3 rings (SSSR count). The Kier molecular flexibility index (Phi) is 2.66. The molecule has 0 saturated heterocycles. The third-order valence-corrected chi connectivity index (χ3v) is 3.92. The zero-order valence-electron chi connectivity index (χ0n) is 10.8. The molecule has 1 fully saturated rings. The summed E-state index contributed by atoms with van der Waals surface area (Å²) in [6.45, 7) is 0. The van der Waals surface area contributed by atoms with Crippen molar-refractivity contribution in [2.75, 3.05) is 0 Å². The van der Waals surface area contributed by atoms with Crippen LogP contribution < -0.4 is 0 Å². The molecule has 19 heavy (non-hydrogen) atoms. The number of aromatic nitrogens is 2. The number of carboxylic acids is 1. The van der Waals surface area contributed by atoms with E-state index in [0.717, 1.165) is 29.8 Å². The SMILES string of the molecule is Cn1ccnc1-c1ccc(C2(CC(=O)O)CC2)cc1. The minimum absolute atomic E-state index is 0.119. The van der Waals surface area contributed by atoms with Crippen LogP contribution in [0.5, 0.6) is 0 Å². The maximum atomic E-state index is 10.9. The summed E-state index contributed by atoms with van der Waals surface area (Å²) in [5.41, 5.74) is 2.07. The molecule has 0 amide bonds. The van der Waals surface area contributed by atoms with Crippen LogP contribution in [0.1, 0.15) is 24.8 Å². The molecule has 1 aromatic heterocycles. The second-order valence-electron chi connectivity index (χ2n) is 5.29. The summed E-state index contributed by atoms with van der Waals surface area (Å²) >= 11 is 0. The summed E-state index contributed by atoms with van der Waals surface area (Å²) in [5, 5.41) is 8.98. The molecule has 1 heterocycles. The monoisotopic (exact) mass is 256 g/mol. The zero-order valence-corrected chi connectivity index (χ0v) is 10.8. The van der Waals surface area contributed by atoms with E-state index in [9.17, 15) is 4.79 Å². The van der Waals surface area contributed by atoms with Gasteiger partial charge in [-0.25, -0.2) is 4.98 Å². The Morgan fingerprint density at radius 2 is 2.05 bits per heavy atom. The van der Waals surface area contributed by atoms with Gasteiger partial charge in [0.05, 0.1) is 6.42 Å². The number of carboxylic acid groups (broad SMARTS) is 1. The highest BCUT2D eigenvalue weighted by molar-refractivity contribution is 5.70. The van der Waals surface area contributed by atoms with Gasteiger partial charge in [-0.2, -0.15) is 0 Å². The maximum absolute atomic E-state index is 10.9. The highest BCUT2D eigenvalue weighted by Crippen LogP contribution is 2.51. The van der Waals surface area contributed by atoms with Crippen LogP contribution in [0.4, 0.5) is 0 Å². The van der Waals surface area contributed by atoms with Crippen LogP contribution in [0.25, 0.3) is 11.4 Å². The van der Waals surface area contributed by atoms with Gasteiger partial charge in [0.2, 0.25) is 0 Å². The van der Waals surface area contributed by atoms with Gasteiger partial charge in [0.1, 0.15) is 5.82 Å². The molecular weight excluding hydrogens is 240 g/mol. The molecule has 4 heteroatoms. The average molecular weight is 256 g/mol. The van der Waals surface area contributed by atoms with Crippen LogP contribution >= 0.6 is 0 Å². The Balaban J connectivity index is 1.88. The van der Waals surface area contributed by atoms with E-state index in [0.29, 0.717) is 0 Å². The first-order valence-corrected chi connectivity index (χ1v) is 6.41. The van der Waals surface area contributed by atoms with E-state index in [2.05, 4.69) is 4.98 Å². The number of carbonyl (C=O) groups is 1. The first kappa shape index (κ1) is 12.0. The van der Waals surface area contributed by atoms with Gasteiger partial charge >= 0.3 is 5.97 Å². The standard InChI is InChI=1S/C15H16N2O2/c1-17-9-8-16-14(17)11-2-4-12(5-3-11)15(6-7-15)10-13(18)19/h2-5,8-9H,6-7,10H2,1H3,(H,18,19). The fourth-order valence-corrected chi connectivity index (χ4v) is 2.62. The molecule has 1 saturated carbocycles. The zero-order chi connectivity index (χ0) is 13.5. The predicted octanol–water partition coefficient (Wildman–Crippen LogP) is 2.59. The van der Waals surface area contributed by atoms with Crippen molar-refractivity contribution in [2.24, 2.45) is 7.05 Å². The van der Waals surface area contributed by atoms with Crippen LogP contribution in [0.2, 0.25) is 0 Å². The number of hydrogen-bond acceptors (Lipinski definition) is 2. The second kappa shape index (κ2) is 4.23. The molecule has 1 aliphatic rings. The maximum Gasteiger partial charge on any atom is 0.304 e. The summed E-state index contributed by atoms with van der Waals surface area (Å²) in [7, 11) is 1.96. The van der Waals surface area contributed by atoms with Crippen LogP contribution in [0.3, 0.4) is 0 Å². The molecule has 1 aromatic carbocycles. The largest absolute Gasteiger partial charge is 0.481 e. The first-order valence-electron chi connectivity index (χ1n) is 6.41. The smallest absolute Gasteiger partial charge is 0.304 e. The lowest BCUT2D eigenvalue weighted by Crippen LogP contribution is -2.12. The minimum atomic E-state index is -0.717. The van der Waals surface area contributed by atoms with Gasteiger partial charge in [0.25, 0.3) is 0 Å². The van der Waals surface area contributed by atoms with Crippen LogP contribution in [-0.2, 0) is 17.3 Å². The summed E-state index contributed by atoms with van der Waals surface area (Å²) in [4.78, 5) is 15.2. The normalized spacial score (nSPS) is 16.3. The Morgan fingerprint density at radius 1 is 1.37 bits per heavy atom. The Morgan fingerprint density at radius 3 is 2.53 bits per heavy atom. The van der Waals surface area contributed by atoms with Crippen LogP contribution in [0.15, 0.2) is 36.7 Å². The molecular formula is C15H16N2O2. The molecule has 0 radical (unpaired) electrons. The summed E-state index contributed by atoms with van der Waals surface area (Å²) in [6.07, 6.45) is 5.86. The van der Waals surface area contributed by atoms with Crippen LogP contribution in [-0.4, -0.2) is 20.6 Å². The Hall–Kier alpha value is -2.10. The number of aliphatic carboxylic acids is 1. The van der Waals surface area contributed by atoms with E-state index in [-0.39, 0.29) is 11.8 Å². The molecule has 0 unspecified atom stereocenters. The molecule has 0 aliphatic heterocycles. The summed E-state index contributed by atoms with van der Waals surface area (Å²) in [6, 6.07) is 8.14. The van der Waals surface area contributed by atoms with Crippen molar-refractivity contribution in [3.63, 3.8) is 0 Å². The van der Waals surface area contributed by atoms with Crippen molar-refractivity contribution < 1.29 is 9.90 Å². The lowest BCUT2D eigenvalue weighted by atomic mass is 9.92. The molecule has 0 atom stereocenters. The van der Waals surface area contributed by atoms with Gasteiger partial charge < -0.3 is 9.67 Å². The van der Waals surface area contributed by atoms with E-state index in [1.54, 1.807) is 6.20 Å². The van der Waals surface area contributed by atoms with Crippen molar-refractivity contribution in [1.82, 2.24) is 9.55 Å².